The van der Waals surface area contributed by atoms with Crippen molar-refractivity contribution < 1.29 is 24.0 Å². The largest absolute Gasteiger partial charge is 0.466 e. The maximum absolute atomic E-state index is 13.6. The van der Waals surface area contributed by atoms with Gasteiger partial charge in [-0.05, 0) is 73.5 Å². The average molecular weight is 686 g/mol. The molecule has 262 valence electrons. The Labute approximate surface area is 298 Å². The molecule has 0 aliphatic carbocycles. The number of nitrogens with one attached hydrogen (secondary N) is 1. The van der Waals surface area contributed by atoms with Gasteiger partial charge in [-0.1, -0.05) is 97.1 Å². The zero-order valence-electron chi connectivity index (χ0n) is 29.2. The molecule has 1 N–H and O–H groups in total. The first-order valence-corrected chi connectivity index (χ1v) is 17.4. The Morgan fingerprint density at radius 1 is 0.804 bits per heavy atom. The lowest BCUT2D eigenvalue weighted by Gasteiger charge is -2.38. The van der Waals surface area contributed by atoms with Crippen LogP contribution in [-0.4, -0.2) is 48.6 Å². The van der Waals surface area contributed by atoms with E-state index in [9.17, 15) is 19.7 Å². The van der Waals surface area contributed by atoms with E-state index >= 15 is 0 Å². The summed E-state index contributed by atoms with van der Waals surface area (Å²) in [6.45, 7) is 5.58. The van der Waals surface area contributed by atoms with Crippen LogP contribution in [0.25, 0.3) is 0 Å². The molecule has 0 aromatic heterocycles. The lowest BCUT2D eigenvalue weighted by Crippen LogP contribution is -2.36. The molecule has 0 amide bonds. The van der Waals surface area contributed by atoms with Crippen LogP contribution >= 0.6 is 0 Å². The Morgan fingerprint density at radius 2 is 1.39 bits per heavy atom. The number of carbonyl (C=O) groups is 2. The Balaban J connectivity index is 1.09. The van der Waals surface area contributed by atoms with Crippen LogP contribution in [0.5, 0.6) is 0 Å². The highest BCUT2D eigenvalue weighted by atomic mass is 16.6. The molecular formula is C42H43N3O6. The number of nitro groups is 1. The molecular weight excluding hydrogens is 642 g/mol. The molecule has 2 aliphatic heterocycles. The first-order valence-electron chi connectivity index (χ1n) is 17.4. The number of hydrogen-bond acceptors (Lipinski definition) is 8. The van der Waals surface area contributed by atoms with E-state index in [1.807, 2.05) is 0 Å². The van der Waals surface area contributed by atoms with Crippen LogP contribution in [-0.2, 0) is 25.5 Å². The van der Waals surface area contributed by atoms with Gasteiger partial charge in [-0.3, -0.25) is 15.0 Å². The van der Waals surface area contributed by atoms with E-state index in [-0.39, 0.29) is 29.5 Å². The molecule has 0 spiro atoms. The zero-order valence-corrected chi connectivity index (χ0v) is 29.2. The molecule has 1 unspecified atom stereocenters. The minimum Gasteiger partial charge on any atom is -0.466 e. The number of non-ortho nitro benzene ring substituents is 1. The topological polar surface area (TPSA) is 111 Å². The van der Waals surface area contributed by atoms with Crippen LogP contribution in [0.2, 0.25) is 0 Å². The van der Waals surface area contributed by atoms with E-state index in [2.05, 4.69) is 95.1 Å². The van der Waals surface area contributed by atoms with Crippen molar-refractivity contribution >= 4 is 17.6 Å². The number of ether oxygens (including phenoxy) is 2. The van der Waals surface area contributed by atoms with E-state index < -0.39 is 22.8 Å². The third kappa shape index (κ3) is 7.94. The summed E-state index contributed by atoms with van der Waals surface area (Å²) >= 11 is 0. The van der Waals surface area contributed by atoms with Crippen molar-refractivity contribution in [1.29, 1.82) is 0 Å². The van der Waals surface area contributed by atoms with Crippen LogP contribution in [0.15, 0.2) is 132 Å². The van der Waals surface area contributed by atoms with E-state index in [1.54, 1.807) is 19.9 Å². The number of esters is 2. The molecule has 51 heavy (non-hydrogen) atoms. The summed E-state index contributed by atoms with van der Waals surface area (Å²) in [5, 5.41) is 14.7. The van der Waals surface area contributed by atoms with Gasteiger partial charge in [0.05, 0.1) is 41.7 Å². The van der Waals surface area contributed by atoms with Crippen molar-refractivity contribution in [2.24, 2.45) is 0 Å². The average Bonchev–Trinajstić information content (AvgIpc) is 3.16. The maximum Gasteiger partial charge on any atom is 0.336 e. The number of hydrogen-bond donors (Lipinski definition) is 1. The molecule has 0 radical (unpaired) electrons. The van der Waals surface area contributed by atoms with E-state index in [4.69, 9.17) is 9.47 Å². The quantitative estimate of drug-likeness (QED) is 0.0970. The smallest absolute Gasteiger partial charge is 0.336 e. The van der Waals surface area contributed by atoms with Crippen LogP contribution < -0.4 is 5.32 Å². The fourth-order valence-electron chi connectivity index (χ4n) is 7.47. The van der Waals surface area contributed by atoms with Crippen molar-refractivity contribution in [1.82, 2.24) is 10.2 Å². The molecule has 9 nitrogen and oxygen atoms in total. The summed E-state index contributed by atoms with van der Waals surface area (Å²) in [7, 11) is 1.26. The van der Waals surface area contributed by atoms with Gasteiger partial charge in [0.2, 0.25) is 0 Å². The highest BCUT2D eigenvalue weighted by Crippen LogP contribution is 2.40. The maximum atomic E-state index is 13.6. The second kappa shape index (κ2) is 16.0. The van der Waals surface area contributed by atoms with Gasteiger partial charge in [0.25, 0.3) is 5.69 Å². The van der Waals surface area contributed by atoms with Crippen LogP contribution in [0.3, 0.4) is 0 Å². The molecule has 1 saturated heterocycles. The van der Waals surface area contributed by atoms with Gasteiger partial charge in [-0.2, -0.15) is 0 Å². The first-order chi connectivity index (χ1) is 24.7. The number of carbonyl (C=O) groups excluding carboxylic acids is 2. The summed E-state index contributed by atoms with van der Waals surface area (Å²) in [5.74, 6) is -1.65. The number of allylic oxidation sites excluding steroid dienone is 2. The summed E-state index contributed by atoms with van der Waals surface area (Å²) < 4.78 is 10.8. The standard InChI is InChI=1S/C42H43N3O6/c1-28-37(41(46)50-3)39(35-15-10-16-36(27-35)45(48)49)38(29(2)43-28)42(47)51-26-23-30-17-19-31(20-18-30)32-21-24-44(25-22-32)40(33-11-6-4-7-12-33)34-13-8-5-9-14-34/h4-20,27,32,39-40,43H,21-26H2,1-3H3. The minimum absolute atomic E-state index is 0.131. The lowest BCUT2D eigenvalue weighted by molar-refractivity contribution is -0.384. The number of dihydropyridines is 1. The molecule has 0 bridgehead atoms. The van der Waals surface area contributed by atoms with Gasteiger partial charge < -0.3 is 14.8 Å². The highest BCUT2D eigenvalue weighted by molar-refractivity contribution is 5.99. The number of nitrogens with zero attached hydrogens (tertiary/aromatic N) is 2. The first kappa shape index (κ1) is 35.3. The number of benzene rings is 4. The van der Waals surface area contributed by atoms with Crippen molar-refractivity contribution in [3.05, 3.63) is 170 Å². The molecule has 4 aromatic carbocycles. The van der Waals surface area contributed by atoms with Gasteiger partial charge in [-0.25, -0.2) is 9.59 Å². The second-order valence-electron chi connectivity index (χ2n) is 13.1. The normalized spacial score (nSPS) is 16.9. The fourth-order valence-corrected chi connectivity index (χ4v) is 7.47. The third-order valence-corrected chi connectivity index (χ3v) is 10.0. The van der Waals surface area contributed by atoms with Crippen LogP contribution in [0.1, 0.15) is 72.4 Å². The van der Waals surface area contributed by atoms with E-state index in [1.165, 1.54) is 42.0 Å². The van der Waals surface area contributed by atoms with E-state index in [0.29, 0.717) is 29.3 Å². The van der Waals surface area contributed by atoms with E-state index in [0.717, 1.165) is 31.5 Å². The van der Waals surface area contributed by atoms with Gasteiger partial charge in [0.1, 0.15) is 0 Å². The molecule has 0 saturated carbocycles. The highest BCUT2D eigenvalue weighted by Gasteiger charge is 2.38. The van der Waals surface area contributed by atoms with Crippen molar-refractivity contribution in [3.8, 4) is 0 Å². The van der Waals surface area contributed by atoms with Crippen molar-refractivity contribution in [2.75, 3.05) is 26.8 Å². The summed E-state index contributed by atoms with van der Waals surface area (Å²) in [4.78, 5) is 40.2. The van der Waals surface area contributed by atoms with Crippen LogP contribution in [0.4, 0.5) is 5.69 Å². The zero-order chi connectivity index (χ0) is 35.9. The molecule has 2 aliphatic rings. The van der Waals surface area contributed by atoms with Gasteiger partial charge >= 0.3 is 11.9 Å². The minimum atomic E-state index is -0.896. The molecule has 4 aromatic rings. The van der Waals surface area contributed by atoms with Crippen LogP contribution in [0, 0.1) is 10.1 Å². The number of rotatable bonds is 11. The number of piperidine rings is 1. The van der Waals surface area contributed by atoms with Gasteiger partial charge in [0.15, 0.2) is 0 Å². The predicted octanol–water partition coefficient (Wildman–Crippen LogP) is 7.76. The Kier molecular flexibility index (Phi) is 11.1. The molecule has 6 rings (SSSR count). The Morgan fingerprint density at radius 3 is 1.96 bits per heavy atom. The lowest BCUT2D eigenvalue weighted by atomic mass is 9.80. The monoisotopic (exact) mass is 685 g/mol. The van der Waals surface area contributed by atoms with Crippen molar-refractivity contribution in [3.63, 3.8) is 0 Å². The van der Waals surface area contributed by atoms with Gasteiger partial charge in [-0.15, -0.1) is 0 Å². The third-order valence-electron chi connectivity index (χ3n) is 10.0. The van der Waals surface area contributed by atoms with Crippen molar-refractivity contribution in [2.45, 2.75) is 51.0 Å². The Bertz CT molecular complexity index is 1890. The predicted molar refractivity (Wildman–Crippen MR) is 196 cm³/mol. The SMILES string of the molecule is COC(=O)C1=C(C)NC(C)=C(C(=O)OCCc2ccc(C3CCN(C(c4ccccc4)c4ccccc4)CC3)cc2)C1c1cccc([N+](=O)[O-])c1. The fraction of sp³-hybridized carbons (Fsp3) is 0.286. The summed E-state index contributed by atoms with van der Waals surface area (Å²) in [6.07, 6.45) is 2.66. The Hall–Kier alpha value is -5.54. The van der Waals surface area contributed by atoms with Gasteiger partial charge in [0, 0.05) is 29.9 Å². The summed E-state index contributed by atoms with van der Waals surface area (Å²) in [5.41, 5.74) is 6.70. The molecule has 2 heterocycles. The molecule has 1 atom stereocenters. The molecule has 9 heteroatoms. The number of methoxy groups -OCH3 is 1. The molecule has 1 fully saturated rings. The summed E-state index contributed by atoms with van der Waals surface area (Å²) in [6, 6.07) is 36.2. The second-order valence-corrected chi connectivity index (χ2v) is 13.1. The number of nitro benzene ring substituents is 1. The number of likely N-dealkylation sites (tertiary alicyclic amines) is 1.